The molecule has 3 N–H and O–H groups in total. The Bertz CT molecular complexity index is 552. The van der Waals surface area contributed by atoms with E-state index in [0.717, 1.165) is 16.9 Å². The number of aromatic hydroxyl groups is 1. The van der Waals surface area contributed by atoms with Gasteiger partial charge in [-0.15, -0.1) is 0 Å². The molecule has 0 amide bonds. The molecule has 0 fully saturated rings. The number of hydrogen-bond acceptors (Lipinski definition) is 3. The Morgan fingerprint density at radius 2 is 1.83 bits per heavy atom. The minimum atomic E-state index is 0.273. The average molecular weight is 242 g/mol. The Morgan fingerprint density at radius 1 is 1.11 bits per heavy atom. The number of phenolic OH excluding ortho intramolecular Hbond substituents is 1. The van der Waals surface area contributed by atoms with Crippen molar-refractivity contribution < 1.29 is 5.11 Å². The van der Waals surface area contributed by atoms with Gasteiger partial charge in [-0.25, -0.2) is 0 Å². The molecule has 2 aromatic carbocycles. The third-order valence-corrected chi connectivity index (χ3v) is 3.15. The lowest BCUT2D eigenvalue weighted by molar-refractivity contribution is 0.475. The second kappa shape index (κ2) is 5.10. The van der Waals surface area contributed by atoms with Gasteiger partial charge in [0.05, 0.1) is 0 Å². The number of phenols is 1. The zero-order valence-electron chi connectivity index (χ0n) is 10.7. The van der Waals surface area contributed by atoms with Crippen LogP contribution in [0, 0.1) is 6.92 Å². The standard InChI is InChI=1S/C15H18N2O/c1-11-8-14(7-6-12(11)10-16)17(2)13-4-3-5-15(18)9-13/h3-9,18H,10,16H2,1-2H3. The number of benzene rings is 2. The molecule has 94 valence electrons. The van der Waals surface area contributed by atoms with Gasteiger partial charge in [0, 0.05) is 31.0 Å². The zero-order valence-corrected chi connectivity index (χ0v) is 10.7. The molecule has 3 nitrogen and oxygen atoms in total. The van der Waals surface area contributed by atoms with Crippen molar-refractivity contribution in [2.24, 2.45) is 5.73 Å². The van der Waals surface area contributed by atoms with E-state index < -0.39 is 0 Å². The van der Waals surface area contributed by atoms with Crippen LogP contribution in [-0.2, 0) is 6.54 Å². The van der Waals surface area contributed by atoms with Gasteiger partial charge in [-0.1, -0.05) is 12.1 Å². The smallest absolute Gasteiger partial charge is 0.117 e. The molecule has 18 heavy (non-hydrogen) atoms. The first-order valence-corrected chi connectivity index (χ1v) is 5.94. The zero-order chi connectivity index (χ0) is 13.1. The number of nitrogens with two attached hydrogens (primary N) is 1. The Kier molecular flexibility index (Phi) is 3.53. The van der Waals surface area contributed by atoms with Crippen LogP contribution in [0.2, 0.25) is 0 Å². The van der Waals surface area contributed by atoms with Crippen molar-refractivity contribution in [3.05, 3.63) is 53.6 Å². The molecule has 2 rings (SSSR count). The first-order chi connectivity index (χ1) is 8.61. The van der Waals surface area contributed by atoms with Gasteiger partial charge in [0.25, 0.3) is 0 Å². The monoisotopic (exact) mass is 242 g/mol. The van der Waals surface area contributed by atoms with Crippen LogP contribution in [0.5, 0.6) is 5.75 Å². The molecule has 0 spiro atoms. The van der Waals surface area contributed by atoms with Crippen molar-refractivity contribution in [2.45, 2.75) is 13.5 Å². The molecular weight excluding hydrogens is 224 g/mol. The molecular formula is C15H18N2O. The summed E-state index contributed by atoms with van der Waals surface area (Å²) in [4.78, 5) is 2.03. The highest BCUT2D eigenvalue weighted by Crippen LogP contribution is 2.27. The van der Waals surface area contributed by atoms with E-state index in [0.29, 0.717) is 6.54 Å². The molecule has 0 aliphatic carbocycles. The molecule has 0 saturated heterocycles. The predicted octanol–water partition coefficient (Wildman–Crippen LogP) is 2.93. The highest BCUT2D eigenvalue weighted by molar-refractivity contribution is 5.64. The molecule has 0 saturated carbocycles. The number of nitrogens with zero attached hydrogens (tertiary/aromatic N) is 1. The minimum Gasteiger partial charge on any atom is -0.508 e. The van der Waals surface area contributed by atoms with Gasteiger partial charge in [0.2, 0.25) is 0 Å². The first-order valence-electron chi connectivity index (χ1n) is 5.94. The van der Waals surface area contributed by atoms with Crippen LogP contribution in [0.4, 0.5) is 11.4 Å². The molecule has 0 radical (unpaired) electrons. The van der Waals surface area contributed by atoms with Crippen LogP contribution in [0.15, 0.2) is 42.5 Å². The van der Waals surface area contributed by atoms with E-state index in [9.17, 15) is 5.11 Å². The van der Waals surface area contributed by atoms with Gasteiger partial charge >= 0.3 is 0 Å². The van der Waals surface area contributed by atoms with Gasteiger partial charge in [0.15, 0.2) is 0 Å². The highest BCUT2D eigenvalue weighted by Gasteiger charge is 2.06. The molecule has 0 heterocycles. The Morgan fingerprint density at radius 3 is 2.44 bits per heavy atom. The fourth-order valence-electron chi connectivity index (χ4n) is 1.97. The lowest BCUT2D eigenvalue weighted by Gasteiger charge is -2.21. The lowest BCUT2D eigenvalue weighted by atomic mass is 10.1. The van der Waals surface area contributed by atoms with E-state index in [1.54, 1.807) is 12.1 Å². The average Bonchev–Trinajstić information content (AvgIpc) is 2.37. The normalized spacial score (nSPS) is 10.4. The van der Waals surface area contributed by atoms with E-state index in [4.69, 9.17) is 5.73 Å². The first kappa shape index (κ1) is 12.5. The van der Waals surface area contributed by atoms with Crippen LogP contribution in [0.25, 0.3) is 0 Å². The van der Waals surface area contributed by atoms with Crippen LogP contribution in [-0.4, -0.2) is 12.2 Å². The topological polar surface area (TPSA) is 49.5 Å². The summed E-state index contributed by atoms with van der Waals surface area (Å²) >= 11 is 0. The number of aryl methyl sites for hydroxylation is 1. The maximum Gasteiger partial charge on any atom is 0.117 e. The number of anilines is 2. The number of rotatable bonds is 3. The second-order valence-corrected chi connectivity index (χ2v) is 4.39. The molecule has 0 unspecified atom stereocenters. The molecule has 0 aliphatic rings. The molecule has 0 atom stereocenters. The van der Waals surface area contributed by atoms with E-state index in [1.807, 2.05) is 36.2 Å². The molecule has 0 bridgehead atoms. The summed E-state index contributed by atoms with van der Waals surface area (Å²) < 4.78 is 0. The second-order valence-electron chi connectivity index (χ2n) is 4.39. The van der Waals surface area contributed by atoms with Gasteiger partial charge in [-0.05, 0) is 42.3 Å². The van der Waals surface area contributed by atoms with E-state index in [1.165, 1.54) is 5.56 Å². The fourth-order valence-corrected chi connectivity index (χ4v) is 1.97. The SMILES string of the molecule is Cc1cc(N(C)c2cccc(O)c2)ccc1CN. The summed E-state index contributed by atoms with van der Waals surface area (Å²) in [6.45, 7) is 2.62. The molecule has 0 aliphatic heterocycles. The van der Waals surface area contributed by atoms with Crippen molar-refractivity contribution in [3.8, 4) is 5.75 Å². The quantitative estimate of drug-likeness (QED) is 0.870. The van der Waals surface area contributed by atoms with Crippen molar-refractivity contribution in [3.63, 3.8) is 0 Å². The van der Waals surface area contributed by atoms with E-state index in [-0.39, 0.29) is 5.75 Å². The summed E-state index contributed by atoms with van der Waals surface area (Å²) in [5.74, 6) is 0.273. The van der Waals surface area contributed by atoms with Crippen molar-refractivity contribution >= 4 is 11.4 Å². The van der Waals surface area contributed by atoms with Crippen molar-refractivity contribution in [2.75, 3.05) is 11.9 Å². The van der Waals surface area contributed by atoms with Gasteiger partial charge in [-0.2, -0.15) is 0 Å². The Hall–Kier alpha value is -2.00. The van der Waals surface area contributed by atoms with Crippen LogP contribution < -0.4 is 10.6 Å². The summed E-state index contributed by atoms with van der Waals surface area (Å²) in [6, 6.07) is 13.4. The van der Waals surface area contributed by atoms with Crippen molar-refractivity contribution in [1.82, 2.24) is 0 Å². The summed E-state index contributed by atoms with van der Waals surface area (Å²) in [5.41, 5.74) is 10.0. The van der Waals surface area contributed by atoms with Gasteiger partial charge < -0.3 is 15.7 Å². The third kappa shape index (κ3) is 2.46. The minimum absolute atomic E-state index is 0.273. The van der Waals surface area contributed by atoms with Crippen LogP contribution in [0.3, 0.4) is 0 Å². The summed E-state index contributed by atoms with van der Waals surface area (Å²) in [5, 5.41) is 9.50. The number of hydrogen-bond donors (Lipinski definition) is 2. The third-order valence-electron chi connectivity index (χ3n) is 3.15. The summed E-state index contributed by atoms with van der Waals surface area (Å²) in [6.07, 6.45) is 0. The lowest BCUT2D eigenvalue weighted by Crippen LogP contribution is -2.10. The van der Waals surface area contributed by atoms with E-state index >= 15 is 0 Å². The van der Waals surface area contributed by atoms with Gasteiger partial charge in [-0.3, -0.25) is 0 Å². The Balaban J connectivity index is 2.34. The predicted molar refractivity (Wildman–Crippen MR) is 75.2 cm³/mol. The maximum absolute atomic E-state index is 9.50. The molecule has 3 heteroatoms. The van der Waals surface area contributed by atoms with Crippen molar-refractivity contribution in [1.29, 1.82) is 0 Å². The van der Waals surface area contributed by atoms with E-state index in [2.05, 4.69) is 13.0 Å². The Labute approximate surface area is 107 Å². The highest BCUT2D eigenvalue weighted by atomic mass is 16.3. The van der Waals surface area contributed by atoms with Crippen LogP contribution >= 0.6 is 0 Å². The van der Waals surface area contributed by atoms with Gasteiger partial charge in [0.1, 0.15) is 5.75 Å². The fraction of sp³-hybridized carbons (Fsp3) is 0.200. The summed E-state index contributed by atoms with van der Waals surface area (Å²) in [7, 11) is 1.98. The largest absolute Gasteiger partial charge is 0.508 e. The molecule has 0 aromatic heterocycles. The maximum atomic E-state index is 9.50. The van der Waals surface area contributed by atoms with Crippen LogP contribution in [0.1, 0.15) is 11.1 Å². The molecule has 2 aromatic rings.